The van der Waals surface area contributed by atoms with Gasteiger partial charge in [0, 0.05) is 21.5 Å². The number of rotatable bonds is 3. The molecule has 0 aliphatic heterocycles. The quantitative estimate of drug-likeness (QED) is 0.193. The van der Waals surface area contributed by atoms with Crippen molar-refractivity contribution in [1.29, 1.82) is 0 Å². The van der Waals surface area contributed by atoms with Gasteiger partial charge in [0.05, 0.1) is 0 Å². The third-order valence-corrected chi connectivity index (χ3v) is 9.49. The Kier molecular flexibility index (Phi) is 5.31. The van der Waals surface area contributed by atoms with Crippen LogP contribution in [0.15, 0.2) is 167 Å². The molecule has 0 bridgehead atoms. The lowest BCUT2D eigenvalue weighted by Crippen LogP contribution is -1.91. The van der Waals surface area contributed by atoms with Crippen LogP contribution in [0.4, 0.5) is 0 Å². The normalized spacial score (nSPS) is 11.9. The van der Waals surface area contributed by atoms with E-state index in [2.05, 4.69) is 146 Å². The van der Waals surface area contributed by atoms with E-state index in [1.165, 1.54) is 49.4 Å². The molecule has 2 heterocycles. The molecule has 0 amide bonds. The summed E-state index contributed by atoms with van der Waals surface area (Å²) in [7, 11) is 0. The summed E-state index contributed by atoms with van der Waals surface area (Å²) >= 11 is 0. The largest absolute Gasteiger partial charge is 0.452 e. The highest BCUT2D eigenvalue weighted by Gasteiger charge is 2.22. The average Bonchev–Trinajstić information content (AvgIpc) is 3.70. The Hall–Kier alpha value is -6.12. The van der Waals surface area contributed by atoms with Gasteiger partial charge in [-0.1, -0.05) is 133 Å². The summed E-state index contributed by atoms with van der Waals surface area (Å²) in [5, 5.41) is 9.24. The van der Waals surface area contributed by atoms with Crippen LogP contribution in [-0.2, 0) is 0 Å². The van der Waals surface area contributed by atoms with Gasteiger partial charge in [0.1, 0.15) is 11.2 Å². The molecule has 2 nitrogen and oxygen atoms in total. The Morgan fingerprint density at radius 3 is 1.50 bits per heavy atom. The van der Waals surface area contributed by atoms with Crippen molar-refractivity contribution in [3.63, 3.8) is 0 Å². The van der Waals surface area contributed by atoms with E-state index >= 15 is 0 Å². The van der Waals surface area contributed by atoms with Crippen LogP contribution in [0.3, 0.4) is 0 Å². The predicted molar refractivity (Wildman–Crippen MR) is 192 cm³/mol. The molecule has 0 fully saturated rings. The number of hydrogen-bond donors (Lipinski definition) is 0. The zero-order valence-corrected chi connectivity index (χ0v) is 24.8. The van der Waals surface area contributed by atoms with Crippen molar-refractivity contribution in [2.75, 3.05) is 0 Å². The van der Waals surface area contributed by atoms with Gasteiger partial charge in [-0.25, -0.2) is 0 Å². The van der Waals surface area contributed by atoms with E-state index in [0.717, 1.165) is 49.4 Å². The minimum absolute atomic E-state index is 0.792. The zero-order valence-electron chi connectivity index (χ0n) is 24.8. The van der Waals surface area contributed by atoms with E-state index in [1.807, 2.05) is 12.1 Å². The van der Waals surface area contributed by atoms with Crippen LogP contribution in [0.2, 0.25) is 0 Å². The van der Waals surface area contributed by atoms with Crippen molar-refractivity contribution in [3.05, 3.63) is 158 Å². The van der Waals surface area contributed by atoms with Crippen LogP contribution < -0.4 is 0 Å². The van der Waals surface area contributed by atoms with Crippen LogP contribution in [-0.4, -0.2) is 0 Å². The van der Waals surface area contributed by atoms with Gasteiger partial charge in [-0.2, -0.15) is 0 Å². The third-order valence-electron chi connectivity index (χ3n) is 9.49. The van der Waals surface area contributed by atoms with E-state index in [1.54, 1.807) is 0 Å². The second kappa shape index (κ2) is 9.69. The summed E-state index contributed by atoms with van der Waals surface area (Å²) < 4.78 is 13.0. The third kappa shape index (κ3) is 3.59. The Morgan fingerprint density at radius 2 is 0.783 bits per heavy atom. The first-order chi connectivity index (χ1) is 22.8. The maximum Gasteiger partial charge on any atom is 0.178 e. The summed E-state index contributed by atoms with van der Waals surface area (Å²) in [6, 6.07) is 56.2. The van der Waals surface area contributed by atoms with Gasteiger partial charge < -0.3 is 8.83 Å². The zero-order chi connectivity index (χ0) is 30.2. The molecule has 0 radical (unpaired) electrons. The van der Waals surface area contributed by atoms with E-state index in [0.29, 0.717) is 0 Å². The van der Waals surface area contributed by atoms with Crippen molar-refractivity contribution < 1.29 is 8.83 Å². The summed E-state index contributed by atoms with van der Waals surface area (Å²) in [5.41, 5.74) is 10.6. The van der Waals surface area contributed by atoms with Gasteiger partial charge in [-0.15, -0.1) is 0 Å². The van der Waals surface area contributed by atoms with Crippen LogP contribution in [0.25, 0.3) is 98.8 Å². The molecule has 46 heavy (non-hydrogen) atoms. The second-order valence-corrected chi connectivity index (χ2v) is 12.0. The highest BCUT2D eigenvalue weighted by molar-refractivity contribution is 6.27. The number of benzene rings is 8. The number of para-hydroxylation sites is 1. The van der Waals surface area contributed by atoms with Crippen LogP contribution in [0.5, 0.6) is 0 Å². The Bertz CT molecular complexity index is 2720. The van der Waals surface area contributed by atoms with Gasteiger partial charge >= 0.3 is 0 Å². The minimum atomic E-state index is 0.792. The molecule has 0 atom stereocenters. The molecule has 2 aromatic heterocycles. The Morgan fingerprint density at radius 1 is 0.283 bits per heavy atom. The first kappa shape index (κ1) is 25.2. The number of hydrogen-bond acceptors (Lipinski definition) is 2. The minimum Gasteiger partial charge on any atom is -0.452 e. The summed E-state index contributed by atoms with van der Waals surface area (Å²) in [5.74, 6) is 0. The molecule has 0 saturated carbocycles. The molecule has 8 aromatic carbocycles. The molecule has 0 saturated heterocycles. The van der Waals surface area contributed by atoms with Crippen molar-refractivity contribution in [3.8, 4) is 33.4 Å². The lowest BCUT2D eigenvalue weighted by molar-refractivity contribution is 0.633. The van der Waals surface area contributed by atoms with Crippen LogP contribution in [0, 0.1) is 0 Å². The number of fused-ring (bicyclic) bond motifs is 9. The monoisotopic (exact) mass is 586 g/mol. The molecule has 214 valence electrons. The molecule has 0 N–H and O–H groups in total. The van der Waals surface area contributed by atoms with Crippen LogP contribution in [0.1, 0.15) is 0 Å². The molecule has 0 aliphatic rings. The van der Waals surface area contributed by atoms with Crippen molar-refractivity contribution in [1.82, 2.24) is 0 Å². The Labute approximate surface area is 264 Å². The first-order valence-electron chi connectivity index (χ1n) is 15.7. The molecule has 10 rings (SSSR count). The van der Waals surface area contributed by atoms with Crippen molar-refractivity contribution >= 4 is 65.4 Å². The maximum absolute atomic E-state index is 6.63. The topological polar surface area (TPSA) is 26.3 Å². The fraction of sp³-hybridized carbons (Fsp3) is 0. The molecule has 10 aromatic rings. The van der Waals surface area contributed by atoms with Gasteiger partial charge in [0.2, 0.25) is 0 Å². The predicted octanol–water partition coefficient (Wildman–Crippen LogP) is 12.8. The lowest BCUT2D eigenvalue weighted by Gasteiger charge is -2.18. The van der Waals surface area contributed by atoms with Crippen molar-refractivity contribution in [2.45, 2.75) is 0 Å². The van der Waals surface area contributed by atoms with E-state index < -0.39 is 0 Å². The highest BCUT2D eigenvalue weighted by Crippen LogP contribution is 2.48. The van der Waals surface area contributed by atoms with E-state index in [4.69, 9.17) is 8.83 Å². The fourth-order valence-electron chi connectivity index (χ4n) is 7.46. The maximum atomic E-state index is 6.63. The summed E-state index contributed by atoms with van der Waals surface area (Å²) in [6.07, 6.45) is 0. The lowest BCUT2D eigenvalue weighted by atomic mass is 9.84. The standard InChI is InChI=1S/C44H26O2/c1-2-11-27(12-3-1)28-21-23-29(24-22-28)40-31-14-4-6-16-33(31)41(34-17-7-5-15-32(34)40)36-18-10-20-39-42(36)37-26-25-35-30-13-8-9-19-38(30)45-43(35)44(37)46-39/h1-26H. The molecular formula is C44H26O2. The van der Waals surface area contributed by atoms with Crippen LogP contribution >= 0.6 is 0 Å². The molecule has 0 unspecified atom stereocenters. The first-order valence-corrected chi connectivity index (χ1v) is 15.7. The van der Waals surface area contributed by atoms with E-state index in [9.17, 15) is 0 Å². The van der Waals surface area contributed by atoms with Gasteiger partial charge in [-0.3, -0.25) is 0 Å². The number of furan rings is 2. The van der Waals surface area contributed by atoms with E-state index in [-0.39, 0.29) is 0 Å². The Balaban J connectivity index is 1.27. The SMILES string of the molecule is c1ccc(-c2ccc(-c3c4ccccc4c(-c4cccc5oc6c(ccc7c8ccccc8oc76)c45)c4ccccc34)cc2)cc1. The average molecular weight is 587 g/mol. The molecular weight excluding hydrogens is 560 g/mol. The molecule has 2 heteroatoms. The van der Waals surface area contributed by atoms with Crippen molar-refractivity contribution in [2.24, 2.45) is 0 Å². The van der Waals surface area contributed by atoms with Gasteiger partial charge in [0.25, 0.3) is 0 Å². The fourth-order valence-corrected chi connectivity index (χ4v) is 7.46. The highest BCUT2D eigenvalue weighted by atomic mass is 16.4. The molecule has 0 spiro atoms. The smallest absolute Gasteiger partial charge is 0.178 e. The molecule has 0 aliphatic carbocycles. The van der Waals surface area contributed by atoms with Gasteiger partial charge in [0.15, 0.2) is 11.2 Å². The van der Waals surface area contributed by atoms with Gasteiger partial charge in [-0.05, 0) is 79.2 Å². The summed E-state index contributed by atoms with van der Waals surface area (Å²) in [4.78, 5) is 0. The second-order valence-electron chi connectivity index (χ2n) is 12.0. The summed E-state index contributed by atoms with van der Waals surface area (Å²) in [6.45, 7) is 0.